The van der Waals surface area contributed by atoms with Gasteiger partial charge in [-0.2, -0.15) is 0 Å². The molecule has 0 unspecified atom stereocenters. The van der Waals surface area contributed by atoms with Crippen molar-refractivity contribution in [2.45, 2.75) is 39.7 Å². The highest BCUT2D eigenvalue weighted by Crippen LogP contribution is 2.24. The molecule has 1 nitrogen and oxygen atoms in total. The maximum Gasteiger partial charge on any atom is 0.0408 e. The third-order valence-corrected chi connectivity index (χ3v) is 2.92. The second-order valence-corrected chi connectivity index (χ2v) is 5.02. The van der Waals surface area contributed by atoms with E-state index in [0.29, 0.717) is 5.92 Å². The molecule has 0 bridgehead atoms. The molecular weight excluding hydrogens is 241 g/mol. The standard InChI is InChI=1S/C13H20ClN.ClH/c1-9(2)4-7-13(15)12-6-5-11(14)8-10(12)3;/h5-6,8-9,13H,4,7,15H2,1-3H3;1H/t13-;/m1./s1. The predicted molar refractivity (Wildman–Crippen MR) is 74.4 cm³/mol. The molecule has 0 fully saturated rings. The van der Waals surface area contributed by atoms with Crippen LogP contribution in [0, 0.1) is 12.8 Å². The molecule has 0 aliphatic carbocycles. The zero-order valence-electron chi connectivity index (χ0n) is 10.2. The maximum absolute atomic E-state index is 6.15. The normalized spacial score (nSPS) is 12.4. The van der Waals surface area contributed by atoms with Crippen molar-refractivity contribution in [1.82, 2.24) is 0 Å². The van der Waals surface area contributed by atoms with Crippen molar-refractivity contribution in [3.8, 4) is 0 Å². The van der Waals surface area contributed by atoms with Gasteiger partial charge in [-0.1, -0.05) is 31.5 Å². The Bertz CT molecular complexity index is 324. The van der Waals surface area contributed by atoms with E-state index in [2.05, 4.69) is 20.8 Å². The Labute approximate surface area is 110 Å². The molecule has 2 N–H and O–H groups in total. The summed E-state index contributed by atoms with van der Waals surface area (Å²) in [6.45, 7) is 6.51. The summed E-state index contributed by atoms with van der Waals surface area (Å²) in [6.07, 6.45) is 2.21. The van der Waals surface area contributed by atoms with Gasteiger partial charge in [0.1, 0.15) is 0 Å². The van der Waals surface area contributed by atoms with E-state index >= 15 is 0 Å². The number of rotatable bonds is 4. The third-order valence-electron chi connectivity index (χ3n) is 2.69. The van der Waals surface area contributed by atoms with Gasteiger partial charge < -0.3 is 5.73 Å². The summed E-state index contributed by atoms with van der Waals surface area (Å²) in [4.78, 5) is 0. The minimum Gasteiger partial charge on any atom is -0.324 e. The van der Waals surface area contributed by atoms with E-state index in [1.165, 1.54) is 17.5 Å². The Hall–Kier alpha value is -0.240. The molecule has 0 spiro atoms. The Morgan fingerprint density at radius 3 is 2.38 bits per heavy atom. The first-order valence-corrected chi connectivity index (χ1v) is 5.90. The molecule has 0 amide bonds. The fourth-order valence-corrected chi connectivity index (χ4v) is 1.95. The van der Waals surface area contributed by atoms with E-state index in [1.807, 2.05) is 18.2 Å². The highest BCUT2D eigenvalue weighted by molar-refractivity contribution is 6.30. The fourth-order valence-electron chi connectivity index (χ4n) is 1.72. The smallest absolute Gasteiger partial charge is 0.0408 e. The first-order valence-electron chi connectivity index (χ1n) is 5.52. The molecule has 16 heavy (non-hydrogen) atoms. The summed E-state index contributed by atoms with van der Waals surface area (Å²) >= 11 is 5.91. The van der Waals surface area contributed by atoms with Gasteiger partial charge in [0.15, 0.2) is 0 Å². The summed E-state index contributed by atoms with van der Waals surface area (Å²) in [5.41, 5.74) is 8.57. The van der Waals surface area contributed by atoms with Crippen LogP contribution in [0.5, 0.6) is 0 Å². The lowest BCUT2D eigenvalue weighted by Crippen LogP contribution is -2.12. The average molecular weight is 262 g/mol. The largest absolute Gasteiger partial charge is 0.324 e. The van der Waals surface area contributed by atoms with E-state index in [-0.39, 0.29) is 18.4 Å². The van der Waals surface area contributed by atoms with Crippen molar-refractivity contribution in [3.05, 3.63) is 34.3 Å². The molecule has 3 heteroatoms. The predicted octanol–water partition coefficient (Wildman–Crippen LogP) is 4.51. The molecule has 1 rings (SSSR count). The van der Waals surface area contributed by atoms with Gasteiger partial charge in [0, 0.05) is 11.1 Å². The van der Waals surface area contributed by atoms with Crippen molar-refractivity contribution >= 4 is 24.0 Å². The lowest BCUT2D eigenvalue weighted by Gasteiger charge is -2.16. The molecule has 0 heterocycles. The van der Waals surface area contributed by atoms with Crippen LogP contribution in [0.1, 0.15) is 43.9 Å². The minimum absolute atomic E-state index is 0. The van der Waals surface area contributed by atoms with E-state index in [9.17, 15) is 0 Å². The zero-order valence-corrected chi connectivity index (χ0v) is 11.7. The number of hydrogen-bond acceptors (Lipinski definition) is 1. The van der Waals surface area contributed by atoms with Crippen LogP contribution in [0.2, 0.25) is 5.02 Å². The molecule has 1 aromatic rings. The van der Waals surface area contributed by atoms with E-state index in [4.69, 9.17) is 17.3 Å². The molecule has 0 aliphatic heterocycles. The molecule has 0 aliphatic rings. The minimum atomic E-state index is 0. The fraction of sp³-hybridized carbons (Fsp3) is 0.538. The molecule has 1 aromatic carbocycles. The quantitative estimate of drug-likeness (QED) is 0.849. The Morgan fingerprint density at radius 2 is 1.88 bits per heavy atom. The lowest BCUT2D eigenvalue weighted by atomic mass is 9.95. The Balaban J connectivity index is 0.00000225. The van der Waals surface area contributed by atoms with E-state index < -0.39 is 0 Å². The first-order chi connectivity index (χ1) is 7.00. The lowest BCUT2D eigenvalue weighted by molar-refractivity contribution is 0.506. The first kappa shape index (κ1) is 15.8. The van der Waals surface area contributed by atoms with Crippen molar-refractivity contribution in [3.63, 3.8) is 0 Å². The van der Waals surface area contributed by atoms with Gasteiger partial charge >= 0.3 is 0 Å². The van der Waals surface area contributed by atoms with Gasteiger partial charge in [-0.05, 0) is 48.9 Å². The summed E-state index contributed by atoms with van der Waals surface area (Å²) in [5.74, 6) is 0.712. The zero-order chi connectivity index (χ0) is 11.4. The van der Waals surface area contributed by atoms with E-state index in [1.54, 1.807) is 0 Å². The van der Waals surface area contributed by atoms with Crippen LogP contribution >= 0.6 is 24.0 Å². The summed E-state index contributed by atoms with van der Waals surface area (Å²) in [7, 11) is 0. The highest BCUT2D eigenvalue weighted by Gasteiger charge is 2.09. The Morgan fingerprint density at radius 1 is 1.25 bits per heavy atom. The number of benzene rings is 1. The number of nitrogens with two attached hydrogens (primary N) is 1. The topological polar surface area (TPSA) is 26.0 Å². The number of aryl methyl sites for hydroxylation is 1. The van der Waals surface area contributed by atoms with Gasteiger partial charge in [-0.3, -0.25) is 0 Å². The maximum atomic E-state index is 6.15. The van der Waals surface area contributed by atoms with E-state index in [0.717, 1.165) is 11.4 Å². The van der Waals surface area contributed by atoms with Crippen LogP contribution in [0.25, 0.3) is 0 Å². The van der Waals surface area contributed by atoms with Crippen molar-refractivity contribution in [2.24, 2.45) is 11.7 Å². The van der Waals surface area contributed by atoms with Crippen LogP contribution in [0.3, 0.4) is 0 Å². The Kier molecular flexibility index (Phi) is 7.05. The second-order valence-electron chi connectivity index (χ2n) is 4.58. The van der Waals surface area contributed by atoms with Gasteiger partial charge in [-0.25, -0.2) is 0 Å². The van der Waals surface area contributed by atoms with Crippen molar-refractivity contribution in [2.75, 3.05) is 0 Å². The molecule has 0 aromatic heterocycles. The van der Waals surface area contributed by atoms with Crippen LogP contribution in [-0.2, 0) is 0 Å². The highest BCUT2D eigenvalue weighted by atomic mass is 35.5. The second kappa shape index (κ2) is 7.16. The summed E-state index contributed by atoms with van der Waals surface area (Å²) in [5, 5.41) is 0.785. The van der Waals surface area contributed by atoms with Gasteiger partial charge in [0.05, 0.1) is 0 Å². The molecule has 0 radical (unpaired) electrons. The number of hydrogen-bond donors (Lipinski definition) is 1. The van der Waals surface area contributed by atoms with Crippen LogP contribution in [-0.4, -0.2) is 0 Å². The van der Waals surface area contributed by atoms with Crippen LogP contribution in [0.15, 0.2) is 18.2 Å². The van der Waals surface area contributed by atoms with Gasteiger partial charge in [0.25, 0.3) is 0 Å². The summed E-state index contributed by atoms with van der Waals surface area (Å²) < 4.78 is 0. The number of halogens is 2. The molecule has 0 saturated carbocycles. The SMILES string of the molecule is Cc1cc(Cl)ccc1[C@H](N)CCC(C)C.Cl. The molecule has 1 atom stereocenters. The van der Waals surface area contributed by atoms with Gasteiger partial charge in [0.2, 0.25) is 0 Å². The van der Waals surface area contributed by atoms with Gasteiger partial charge in [-0.15, -0.1) is 12.4 Å². The van der Waals surface area contributed by atoms with Crippen molar-refractivity contribution in [1.29, 1.82) is 0 Å². The summed E-state index contributed by atoms with van der Waals surface area (Å²) in [6, 6.07) is 6.08. The van der Waals surface area contributed by atoms with Crippen LogP contribution in [0.4, 0.5) is 0 Å². The molecule has 92 valence electrons. The average Bonchev–Trinajstić information content (AvgIpc) is 2.14. The van der Waals surface area contributed by atoms with Crippen LogP contribution < -0.4 is 5.73 Å². The van der Waals surface area contributed by atoms with Crippen molar-refractivity contribution < 1.29 is 0 Å². The third kappa shape index (κ3) is 4.73. The monoisotopic (exact) mass is 261 g/mol. The molecule has 0 saturated heterocycles. The molecular formula is C13H21Cl2N.